The third kappa shape index (κ3) is 6.38. The molecule has 0 atom stereocenters. The molecule has 2 amide bonds. The summed E-state index contributed by atoms with van der Waals surface area (Å²) in [6, 6.07) is 3.96. The Morgan fingerprint density at radius 3 is 2.42 bits per heavy atom. The summed E-state index contributed by atoms with van der Waals surface area (Å²) in [6.07, 6.45) is 1.08. The van der Waals surface area contributed by atoms with Crippen molar-refractivity contribution in [1.82, 2.24) is 20.8 Å². The minimum absolute atomic E-state index is 0.0183. The molecule has 0 saturated heterocycles. The molecule has 0 aliphatic heterocycles. The largest absolute Gasteiger partial charge is 0.484 e. The number of rotatable bonds is 9. The average molecular weight is 455 g/mol. The van der Waals surface area contributed by atoms with Crippen molar-refractivity contribution < 1.29 is 28.0 Å². The number of nitrogens with zero attached hydrogens (tertiary/aromatic N) is 2. The first kappa shape index (κ1) is 23.0. The number of carbonyl (C=O) groups is 2. The van der Waals surface area contributed by atoms with Crippen molar-refractivity contribution in [2.45, 2.75) is 51.3 Å². The first-order valence-corrected chi connectivity index (χ1v) is 10.0. The Hall–Kier alpha value is -2.72. The van der Waals surface area contributed by atoms with Gasteiger partial charge < -0.3 is 24.6 Å². The lowest BCUT2D eigenvalue weighted by molar-refractivity contribution is -0.131. The highest BCUT2D eigenvalue weighted by molar-refractivity contribution is 6.30. The summed E-state index contributed by atoms with van der Waals surface area (Å²) >= 11 is 5.62. The number of carbonyl (C=O) groups excluding carboxylic acids is 2. The van der Waals surface area contributed by atoms with Gasteiger partial charge in [-0.05, 0) is 45.7 Å². The number of amides is 2. The van der Waals surface area contributed by atoms with E-state index in [1.165, 1.54) is 12.1 Å². The predicted molar refractivity (Wildman–Crippen MR) is 108 cm³/mol. The fourth-order valence-electron chi connectivity index (χ4n) is 3.94. The van der Waals surface area contributed by atoms with Crippen molar-refractivity contribution in [3.8, 4) is 5.75 Å². The van der Waals surface area contributed by atoms with E-state index in [-0.39, 0.29) is 42.4 Å². The van der Waals surface area contributed by atoms with E-state index in [0.717, 1.165) is 6.07 Å². The van der Waals surface area contributed by atoms with Crippen molar-refractivity contribution in [2.75, 3.05) is 13.2 Å². The highest BCUT2D eigenvalue weighted by Crippen LogP contribution is 2.40. The van der Waals surface area contributed by atoms with Crippen LogP contribution in [-0.2, 0) is 20.9 Å². The number of aromatic nitrogens is 2. The van der Waals surface area contributed by atoms with E-state index in [9.17, 15) is 14.0 Å². The highest BCUT2D eigenvalue weighted by atomic mass is 35.5. The van der Waals surface area contributed by atoms with Crippen LogP contribution < -0.4 is 15.4 Å². The SMILES string of the molecule is Cc1noc(COCC(=O)NC2(C)CC(C)(NC(=O)COc3ccc(Cl)c(F)c3)C2)n1. The number of ether oxygens (including phenoxy) is 2. The van der Waals surface area contributed by atoms with Crippen LogP contribution in [0.3, 0.4) is 0 Å². The first-order chi connectivity index (χ1) is 14.6. The molecule has 1 aliphatic carbocycles. The number of hydrogen-bond acceptors (Lipinski definition) is 7. The van der Waals surface area contributed by atoms with Crippen LogP contribution in [0.1, 0.15) is 38.4 Å². The quantitative estimate of drug-likeness (QED) is 0.597. The van der Waals surface area contributed by atoms with Gasteiger partial charge in [0, 0.05) is 17.1 Å². The summed E-state index contributed by atoms with van der Waals surface area (Å²) < 4.78 is 28.9. The molecule has 31 heavy (non-hydrogen) atoms. The maximum absolute atomic E-state index is 13.4. The number of hydrogen-bond donors (Lipinski definition) is 2. The Bertz CT molecular complexity index is 961. The topological polar surface area (TPSA) is 116 Å². The van der Waals surface area contributed by atoms with Gasteiger partial charge in [0.2, 0.25) is 5.91 Å². The van der Waals surface area contributed by atoms with E-state index in [2.05, 4.69) is 20.8 Å². The van der Waals surface area contributed by atoms with Gasteiger partial charge in [-0.1, -0.05) is 16.8 Å². The highest BCUT2D eigenvalue weighted by Gasteiger charge is 2.50. The summed E-state index contributed by atoms with van der Waals surface area (Å²) in [5.41, 5.74) is -0.959. The smallest absolute Gasteiger partial charge is 0.258 e. The van der Waals surface area contributed by atoms with Gasteiger partial charge in [0.1, 0.15) is 24.8 Å². The van der Waals surface area contributed by atoms with Gasteiger partial charge in [-0.3, -0.25) is 9.59 Å². The van der Waals surface area contributed by atoms with Gasteiger partial charge in [0.05, 0.1) is 5.02 Å². The fourth-order valence-corrected chi connectivity index (χ4v) is 4.06. The van der Waals surface area contributed by atoms with Gasteiger partial charge in [-0.25, -0.2) is 4.39 Å². The maximum atomic E-state index is 13.4. The van der Waals surface area contributed by atoms with Crippen LogP contribution in [0.5, 0.6) is 5.75 Å². The van der Waals surface area contributed by atoms with E-state index >= 15 is 0 Å². The van der Waals surface area contributed by atoms with Crippen LogP contribution in [0.15, 0.2) is 22.7 Å². The zero-order chi connectivity index (χ0) is 22.6. The monoisotopic (exact) mass is 454 g/mol. The van der Waals surface area contributed by atoms with Crippen molar-refractivity contribution in [3.63, 3.8) is 0 Å². The summed E-state index contributed by atoms with van der Waals surface area (Å²) in [4.78, 5) is 28.3. The third-order valence-corrected chi connectivity index (χ3v) is 5.04. The summed E-state index contributed by atoms with van der Waals surface area (Å²) in [6.45, 7) is 5.11. The molecule has 1 saturated carbocycles. The van der Waals surface area contributed by atoms with Crippen LogP contribution in [0.25, 0.3) is 0 Å². The predicted octanol–water partition coefficient (Wildman–Crippen LogP) is 2.31. The van der Waals surface area contributed by atoms with E-state index in [1.54, 1.807) is 6.92 Å². The summed E-state index contributed by atoms with van der Waals surface area (Å²) in [5.74, 6) is -0.224. The molecule has 2 aromatic rings. The number of halogens is 2. The lowest BCUT2D eigenvalue weighted by Gasteiger charge is -2.53. The molecule has 1 aromatic heterocycles. The van der Waals surface area contributed by atoms with Gasteiger partial charge in [0.25, 0.3) is 11.8 Å². The molecule has 168 valence electrons. The summed E-state index contributed by atoms with van der Waals surface area (Å²) in [5, 5.41) is 9.43. The Labute approximate surface area is 183 Å². The van der Waals surface area contributed by atoms with Gasteiger partial charge in [0.15, 0.2) is 12.4 Å². The van der Waals surface area contributed by atoms with E-state index in [0.29, 0.717) is 24.6 Å². The Morgan fingerprint density at radius 1 is 1.19 bits per heavy atom. The number of benzene rings is 1. The second-order valence-electron chi connectivity index (χ2n) is 8.16. The van der Waals surface area contributed by atoms with E-state index < -0.39 is 16.9 Å². The zero-order valence-electron chi connectivity index (χ0n) is 17.5. The molecule has 1 aromatic carbocycles. The van der Waals surface area contributed by atoms with Crippen molar-refractivity contribution in [1.29, 1.82) is 0 Å². The molecule has 2 N–H and O–H groups in total. The fraction of sp³-hybridized carbons (Fsp3) is 0.500. The molecule has 0 radical (unpaired) electrons. The van der Waals surface area contributed by atoms with Crippen LogP contribution in [-0.4, -0.2) is 46.2 Å². The number of aryl methyl sites for hydroxylation is 1. The van der Waals surface area contributed by atoms with E-state index in [4.69, 9.17) is 25.6 Å². The lowest BCUT2D eigenvalue weighted by Crippen LogP contribution is -2.69. The van der Waals surface area contributed by atoms with Crippen LogP contribution >= 0.6 is 11.6 Å². The second kappa shape index (κ2) is 9.19. The lowest BCUT2D eigenvalue weighted by atomic mass is 9.64. The molecular weight excluding hydrogens is 431 g/mol. The molecule has 1 heterocycles. The molecule has 3 rings (SSSR count). The molecule has 0 unspecified atom stereocenters. The Kier molecular flexibility index (Phi) is 6.80. The molecule has 1 aliphatic rings. The van der Waals surface area contributed by atoms with Crippen molar-refractivity contribution in [3.05, 3.63) is 40.8 Å². The minimum Gasteiger partial charge on any atom is -0.484 e. The molecule has 0 bridgehead atoms. The Balaban J connectivity index is 1.37. The summed E-state index contributed by atoms with van der Waals surface area (Å²) in [7, 11) is 0. The zero-order valence-corrected chi connectivity index (χ0v) is 18.2. The molecule has 1 fully saturated rings. The van der Waals surface area contributed by atoms with Crippen molar-refractivity contribution >= 4 is 23.4 Å². The van der Waals surface area contributed by atoms with E-state index in [1.807, 2.05) is 13.8 Å². The van der Waals surface area contributed by atoms with Gasteiger partial charge >= 0.3 is 0 Å². The minimum atomic E-state index is -0.617. The molecule has 0 spiro atoms. The van der Waals surface area contributed by atoms with Crippen LogP contribution in [0, 0.1) is 12.7 Å². The van der Waals surface area contributed by atoms with Crippen LogP contribution in [0.4, 0.5) is 4.39 Å². The molecular formula is C20H24ClFN4O5. The molecule has 9 nitrogen and oxygen atoms in total. The first-order valence-electron chi connectivity index (χ1n) is 9.63. The van der Waals surface area contributed by atoms with Crippen molar-refractivity contribution in [2.24, 2.45) is 0 Å². The maximum Gasteiger partial charge on any atom is 0.258 e. The number of nitrogens with one attached hydrogen (secondary N) is 2. The van der Waals surface area contributed by atoms with Gasteiger partial charge in [-0.15, -0.1) is 0 Å². The standard InChI is InChI=1S/C20H24ClFN4O5/c1-12-23-18(31-26-12)9-29-7-16(27)24-19(2)10-20(3,11-19)25-17(28)8-30-13-4-5-14(21)15(22)6-13/h4-6H,7-11H2,1-3H3,(H,24,27)(H,25,28). The van der Waals surface area contributed by atoms with Gasteiger partial charge in [-0.2, -0.15) is 4.98 Å². The molecule has 11 heteroatoms. The second-order valence-corrected chi connectivity index (χ2v) is 8.57. The Morgan fingerprint density at radius 2 is 1.84 bits per heavy atom. The normalized spacial score (nSPS) is 22.5. The van der Waals surface area contributed by atoms with Crippen LogP contribution in [0.2, 0.25) is 5.02 Å². The third-order valence-electron chi connectivity index (χ3n) is 4.73. The average Bonchev–Trinajstić information content (AvgIpc) is 3.06.